The van der Waals surface area contributed by atoms with Crippen LogP contribution in [0.15, 0.2) is 0 Å². The molecule has 3 nitrogen and oxygen atoms in total. The molecule has 2 rings (SSSR count). The van der Waals surface area contributed by atoms with E-state index in [0.717, 1.165) is 6.42 Å². The van der Waals surface area contributed by atoms with Crippen LogP contribution in [0.5, 0.6) is 0 Å². The van der Waals surface area contributed by atoms with Gasteiger partial charge in [-0.15, -0.1) is 0 Å². The van der Waals surface area contributed by atoms with Gasteiger partial charge in [0.1, 0.15) is 5.78 Å². The number of rotatable bonds is 1. The zero-order valence-electron chi connectivity index (χ0n) is 7.92. The molecule has 0 spiro atoms. The van der Waals surface area contributed by atoms with E-state index in [-0.39, 0.29) is 11.7 Å². The second-order valence-electron chi connectivity index (χ2n) is 4.86. The second-order valence-corrected chi connectivity index (χ2v) is 4.86. The van der Waals surface area contributed by atoms with Gasteiger partial charge in [-0.25, -0.2) is 0 Å². The van der Waals surface area contributed by atoms with Crippen molar-refractivity contribution in [2.45, 2.75) is 33.1 Å². The lowest BCUT2D eigenvalue weighted by Crippen LogP contribution is -2.48. The number of fused-ring (bicyclic) bond motifs is 2. The minimum Gasteiger partial charge on any atom is -0.549 e. The summed E-state index contributed by atoms with van der Waals surface area (Å²) in [6.07, 6.45) is 1.84. The van der Waals surface area contributed by atoms with Gasteiger partial charge in [-0.2, -0.15) is 0 Å². The van der Waals surface area contributed by atoms with E-state index in [4.69, 9.17) is 0 Å². The van der Waals surface area contributed by atoms with Crippen molar-refractivity contribution < 1.29 is 14.7 Å². The predicted octanol–water partition coefficient (Wildman–Crippen LogP) is 0.132. The number of carbonyl (C=O) groups excluding carboxylic acids is 2. The molecule has 0 aromatic carbocycles. The van der Waals surface area contributed by atoms with Crippen LogP contribution in [0.25, 0.3) is 0 Å². The molecule has 2 aliphatic carbocycles. The van der Waals surface area contributed by atoms with Crippen LogP contribution in [-0.2, 0) is 9.59 Å². The molecule has 0 radical (unpaired) electrons. The molecular formula is C10H13O3-. The number of carboxylic acids is 1. The molecular weight excluding hydrogens is 168 g/mol. The van der Waals surface area contributed by atoms with Crippen molar-refractivity contribution in [2.24, 2.45) is 16.7 Å². The number of aliphatic carboxylic acids is 1. The summed E-state index contributed by atoms with van der Waals surface area (Å²) in [5.41, 5.74) is -1.58. The normalized spacial score (nSPS) is 41.1. The zero-order valence-corrected chi connectivity index (χ0v) is 7.92. The molecule has 3 heteroatoms. The van der Waals surface area contributed by atoms with Gasteiger partial charge >= 0.3 is 0 Å². The predicted molar refractivity (Wildman–Crippen MR) is 43.6 cm³/mol. The molecule has 0 N–H and O–H groups in total. The van der Waals surface area contributed by atoms with Crippen LogP contribution < -0.4 is 5.11 Å². The van der Waals surface area contributed by atoms with Crippen LogP contribution >= 0.6 is 0 Å². The van der Waals surface area contributed by atoms with Crippen LogP contribution in [0.4, 0.5) is 0 Å². The van der Waals surface area contributed by atoms with Gasteiger partial charge < -0.3 is 9.90 Å². The van der Waals surface area contributed by atoms with E-state index in [9.17, 15) is 14.7 Å². The molecule has 0 unspecified atom stereocenters. The topological polar surface area (TPSA) is 57.2 Å². The Morgan fingerprint density at radius 1 is 1.54 bits per heavy atom. The number of carboxylic acid groups (broad SMARTS) is 1. The first kappa shape index (κ1) is 8.73. The molecule has 2 aliphatic rings. The van der Waals surface area contributed by atoms with Crippen LogP contribution in [0, 0.1) is 16.7 Å². The summed E-state index contributed by atoms with van der Waals surface area (Å²) in [6.45, 7) is 3.70. The van der Waals surface area contributed by atoms with E-state index < -0.39 is 16.8 Å². The minimum absolute atomic E-state index is 0.115. The summed E-state index contributed by atoms with van der Waals surface area (Å²) in [6, 6.07) is 0. The maximum atomic E-state index is 11.8. The van der Waals surface area contributed by atoms with E-state index in [0.29, 0.717) is 12.8 Å². The van der Waals surface area contributed by atoms with Crippen LogP contribution in [-0.4, -0.2) is 11.8 Å². The molecule has 2 saturated carbocycles. The zero-order chi connectivity index (χ0) is 9.85. The maximum absolute atomic E-state index is 11.8. The number of carbonyl (C=O) groups is 2. The monoisotopic (exact) mass is 181 g/mol. The first-order valence-corrected chi connectivity index (χ1v) is 4.67. The molecule has 0 amide bonds. The van der Waals surface area contributed by atoms with Gasteiger partial charge in [0.2, 0.25) is 0 Å². The van der Waals surface area contributed by atoms with Crippen molar-refractivity contribution in [2.75, 3.05) is 0 Å². The summed E-state index contributed by atoms with van der Waals surface area (Å²) in [4.78, 5) is 22.8. The molecule has 0 aromatic heterocycles. The molecule has 2 fully saturated rings. The Labute approximate surface area is 77.1 Å². The molecule has 2 atom stereocenters. The smallest absolute Gasteiger partial charge is 0.150 e. The van der Waals surface area contributed by atoms with Crippen LogP contribution in [0.1, 0.15) is 33.1 Å². The molecule has 0 heterocycles. The molecule has 0 aromatic rings. The highest BCUT2D eigenvalue weighted by atomic mass is 16.4. The Morgan fingerprint density at radius 2 is 2.15 bits per heavy atom. The standard InChI is InChI=1S/C10H14O3/c1-9(2)6-3-4-10(5-6,7(9)11)8(12)13/h6H,3-5H2,1-2H3,(H,12,13)/p-1/t6-,10-/m0/s1. The van der Waals surface area contributed by atoms with Crippen LogP contribution in [0.2, 0.25) is 0 Å². The lowest BCUT2D eigenvalue weighted by Gasteiger charge is -2.33. The number of hydrogen-bond donors (Lipinski definition) is 0. The molecule has 0 saturated heterocycles. The van der Waals surface area contributed by atoms with Gasteiger partial charge in [0.15, 0.2) is 0 Å². The van der Waals surface area contributed by atoms with Crippen molar-refractivity contribution in [3.63, 3.8) is 0 Å². The first-order valence-electron chi connectivity index (χ1n) is 4.67. The SMILES string of the molecule is CC1(C)C(=O)[C@]2(C(=O)[O-])CC[C@H]1C2. The molecule has 2 bridgehead atoms. The highest BCUT2D eigenvalue weighted by Crippen LogP contribution is 2.59. The summed E-state index contributed by atoms with van der Waals surface area (Å²) >= 11 is 0. The highest BCUT2D eigenvalue weighted by molar-refractivity contribution is 6.07. The number of hydrogen-bond acceptors (Lipinski definition) is 3. The van der Waals surface area contributed by atoms with E-state index in [1.54, 1.807) is 0 Å². The Bertz CT molecular complexity index is 293. The van der Waals surface area contributed by atoms with Crippen molar-refractivity contribution in [1.82, 2.24) is 0 Å². The van der Waals surface area contributed by atoms with E-state index in [1.165, 1.54) is 0 Å². The number of ketones is 1. The Balaban J connectivity index is 2.46. The fraction of sp³-hybridized carbons (Fsp3) is 0.800. The van der Waals surface area contributed by atoms with E-state index in [1.807, 2.05) is 13.8 Å². The van der Waals surface area contributed by atoms with Gasteiger partial charge in [-0.1, -0.05) is 13.8 Å². The van der Waals surface area contributed by atoms with Gasteiger partial charge in [0.25, 0.3) is 0 Å². The second kappa shape index (κ2) is 2.14. The van der Waals surface area contributed by atoms with E-state index in [2.05, 4.69) is 0 Å². The Kier molecular flexibility index (Phi) is 1.44. The lowest BCUT2D eigenvalue weighted by atomic mass is 9.71. The highest BCUT2D eigenvalue weighted by Gasteiger charge is 2.62. The summed E-state index contributed by atoms with van der Waals surface area (Å²) in [5, 5.41) is 10.9. The van der Waals surface area contributed by atoms with Crippen molar-refractivity contribution in [1.29, 1.82) is 0 Å². The van der Waals surface area contributed by atoms with Gasteiger partial charge in [0, 0.05) is 5.41 Å². The van der Waals surface area contributed by atoms with Gasteiger partial charge in [-0.05, 0) is 25.2 Å². The van der Waals surface area contributed by atoms with Gasteiger partial charge in [-0.3, -0.25) is 4.79 Å². The summed E-state index contributed by atoms with van der Waals surface area (Å²) in [5.74, 6) is -1.03. The molecule has 72 valence electrons. The largest absolute Gasteiger partial charge is 0.549 e. The average molecular weight is 181 g/mol. The quantitative estimate of drug-likeness (QED) is 0.540. The number of Topliss-reactive ketones (excluding diaryl/α,β-unsaturated/α-hetero) is 1. The van der Waals surface area contributed by atoms with E-state index >= 15 is 0 Å². The lowest BCUT2D eigenvalue weighted by molar-refractivity contribution is -0.316. The van der Waals surface area contributed by atoms with Crippen LogP contribution in [0.3, 0.4) is 0 Å². The fourth-order valence-electron chi connectivity index (χ4n) is 2.95. The average Bonchev–Trinajstić information content (AvgIpc) is 2.53. The Hall–Kier alpha value is -0.860. The van der Waals surface area contributed by atoms with Crippen molar-refractivity contribution >= 4 is 11.8 Å². The first-order chi connectivity index (χ1) is 5.91. The van der Waals surface area contributed by atoms with Gasteiger partial charge in [0.05, 0.1) is 11.4 Å². The molecule has 0 aliphatic heterocycles. The summed E-state index contributed by atoms with van der Waals surface area (Å²) in [7, 11) is 0. The fourth-order valence-corrected chi connectivity index (χ4v) is 2.95. The minimum atomic E-state index is -1.16. The third-order valence-electron chi connectivity index (χ3n) is 3.95. The Morgan fingerprint density at radius 3 is 2.46 bits per heavy atom. The summed E-state index contributed by atoms with van der Waals surface area (Å²) < 4.78 is 0. The molecule has 13 heavy (non-hydrogen) atoms. The third-order valence-corrected chi connectivity index (χ3v) is 3.95. The third kappa shape index (κ3) is 0.798. The van der Waals surface area contributed by atoms with Crippen molar-refractivity contribution in [3.05, 3.63) is 0 Å². The van der Waals surface area contributed by atoms with Crippen molar-refractivity contribution in [3.8, 4) is 0 Å². The maximum Gasteiger partial charge on any atom is 0.150 e.